The maximum absolute atomic E-state index is 5.35. The van der Waals surface area contributed by atoms with Crippen molar-refractivity contribution >= 4 is 5.82 Å². The van der Waals surface area contributed by atoms with E-state index in [1.54, 1.807) is 7.11 Å². The van der Waals surface area contributed by atoms with Crippen LogP contribution in [0.25, 0.3) is 0 Å². The van der Waals surface area contributed by atoms with Gasteiger partial charge in [0.1, 0.15) is 5.82 Å². The molecular formula is C10H16N4O. The van der Waals surface area contributed by atoms with Crippen LogP contribution < -0.4 is 10.6 Å². The average molecular weight is 208 g/mol. The molecule has 1 aromatic heterocycles. The Balaban J connectivity index is 1.99. The van der Waals surface area contributed by atoms with Gasteiger partial charge in [-0.25, -0.2) is 0 Å². The smallest absolute Gasteiger partial charge is 0.149 e. The fourth-order valence-electron chi connectivity index (χ4n) is 1.71. The Morgan fingerprint density at radius 3 is 2.93 bits per heavy atom. The molecule has 2 rings (SSSR count). The summed E-state index contributed by atoms with van der Waals surface area (Å²) in [6.07, 6.45) is 0.202. The molecule has 0 spiro atoms. The second kappa shape index (κ2) is 4.55. The summed E-state index contributed by atoms with van der Waals surface area (Å²) in [4.78, 5) is 0. The van der Waals surface area contributed by atoms with E-state index in [2.05, 4.69) is 20.8 Å². The molecule has 1 aromatic rings. The molecule has 1 saturated heterocycles. The number of rotatable bonds is 3. The minimum Gasteiger partial charge on any atom is -0.378 e. The Morgan fingerprint density at radius 2 is 2.27 bits per heavy atom. The van der Waals surface area contributed by atoms with E-state index in [0.29, 0.717) is 0 Å². The van der Waals surface area contributed by atoms with Gasteiger partial charge in [-0.15, -0.1) is 5.10 Å². The number of nitrogens with zero attached hydrogens (tertiary/aromatic N) is 2. The molecule has 1 fully saturated rings. The van der Waals surface area contributed by atoms with Gasteiger partial charge in [-0.05, 0) is 19.1 Å². The van der Waals surface area contributed by atoms with Crippen LogP contribution in [-0.4, -0.2) is 42.5 Å². The monoisotopic (exact) mass is 208 g/mol. The molecule has 0 saturated carbocycles. The normalized spacial score (nSPS) is 25.5. The lowest BCUT2D eigenvalue weighted by atomic mass is 10.2. The van der Waals surface area contributed by atoms with Crippen LogP contribution in [0.4, 0.5) is 5.82 Å². The fraction of sp³-hybridized carbons (Fsp3) is 0.600. The maximum Gasteiger partial charge on any atom is 0.149 e. The molecule has 0 aromatic carbocycles. The largest absolute Gasteiger partial charge is 0.378 e. The Bertz CT molecular complexity index is 314. The number of hydrogen-bond donors (Lipinski definition) is 2. The fourth-order valence-corrected chi connectivity index (χ4v) is 1.71. The third-order valence-electron chi connectivity index (χ3n) is 2.59. The zero-order valence-electron chi connectivity index (χ0n) is 9.03. The first kappa shape index (κ1) is 10.3. The minimum absolute atomic E-state index is 0.202. The van der Waals surface area contributed by atoms with Crippen LogP contribution in [0.3, 0.4) is 0 Å². The van der Waals surface area contributed by atoms with Gasteiger partial charge in [0.15, 0.2) is 0 Å². The summed E-state index contributed by atoms with van der Waals surface area (Å²) in [7, 11) is 1.73. The van der Waals surface area contributed by atoms with Gasteiger partial charge in [0, 0.05) is 20.2 Å². The predicted molar refractivity (Wildman–Crippen MR) is 57.8 cm³/mol. The van der Waals surface area contributed by atoms with E-state index in [0.717, 1.165) is 24.6 Å². The van der Waals surface area contributed by atoms with Crippen LogP contribution in [0.15, 0.2) is 12.1 Å². The van der Waals surface area contributed by atoms with Gasteiger partial charge >= 0.3 is 0 Å². The summed E-state index contributed by atoms with van der Waals surface area (Å²) in [6, 6.07) is 4.15. The topological polar surface area (TPSA) is 59.1 Å². The van der Waals surface area contributed by atoms with Crippen molar-refractivity contribution < 1.29 is 4.74 Å². The van der Waals surface area contributed by atoms with E-state index >= 15 is 0 Å². The summed E-state index contributed by atoms with van der Waals surface area (Å²) >= 11 is 0. The van der Waals surface area contributed by atoms with Crippen LogP contribution in [0.1, 0.15) is 5.69 Å². The van der Waals surface area contributed by atoms with E-state index in [9.17, 15) is 0 Å². The molecule has 15 heavy (non-hydrogen) atoms. The van der Waals surface area contributed by atoms with Crippen LogP contribution in [0.2, 0.25) is 0 Å². The highest BCUT2D eigenvalue weighted by Gasteiger charge is 2.26. The second-order valence-corrected chi connectivity index (χ2v) is 3.74. The first-order valence-corrected chi connectivity index (χ1v) is 5.10. The van der Waals surface area contributed by atoms with Crippen molar-refractivity contribution in [2.24, 2.45) is 0 Å². The highest BCUT2D eigenvalue weighted by Crippen LogP contribution is 2.10. The average Bonchev–Trinajstić information content (AvgIpc) is 2.69. The van der Waals surface area contributed by atoms with Gasteiger partial charge in [0.05, 0.1) is 17.8 Å². The zero-order valence-corrected chi connectivity index (χ0v) is 9.03. The van der Waals surface area contributed by atoms with Gasteiger partial charge in [-0.1, -0.05) is 0 Å². The molecule has 1 aliphatic heterocycles. The lowest BCUT2D eigenvalue weighted by Crippen LogP contribution is -2.33. The molecule has 0 aliphatic carbocycles. The number of methoxy groups -OCH3 is 1. The van der Waals surface area contributed by atoms with Crippen LogP contribution in [0, 0.1) is 6.92 Å². The number of ether oxygens (including phenoxy) is 1. The van der Waals surface area contributed by atoms with Crippen molar-refractivity contribution in [3.63, 3.8) is 0 Å². The third kappa shape index (κ3) is 2.43. The van der Waals surface area contributed by atoms with E-state index < -0.39 is 0 Å². The summed E-state index contributed by atoms with van der Waals surface area (Å²) in [5, 5.41) is 14.6. The van der Waals surface area contributed by atoms with Crippen molar-refractivity contribution in [1.82, 2.24) is 15.5 Å². The Kier molecular flexibility index (Phi) is 3.13. The molecule has 1 aliphatic rings. The zero-order chi connectivity index (χ0) is 10.7. The van der Waals surface area contributed by atoms with Crippen LogP contribution >= 0.6 is 0 Å². The molecule has 0 amide bonds. The summed E-state index contributed by atoms with van der Waals surface area (Å²) in [6.45, 7) is 3.70. The van der Waals surface area contributed by atoms with Gasteiger partial charge in [0.25, 0.3) is 0 Å². The lowest BCUT2D eigenvalue weighted by Gasteiger charge is -2.18. The van der Waals surface area contributed by atoms with Crippen molar-refractivity contribution in [3.8, 4) is 0 Å². The SMILES string of the molecule is CO[C@H]1CNCC1Nc1ccc(C)nn1. The number of aromatic nitrogens is 2. The summed E-state index contributed by atoms with van der Waals surface area (Å²) in [5.41, 5.74) is 0.924. The van der Waals surface area contributed by atoms with Crippen molar-refractivity contribution in [2.75, 3.05) is 25.5 Å². The van der Waals surface area contributed by atoms with Crippen molar-refractivity contribution in [1.29, 1.82) is 0 Å². The van der Waals surface area contributed by atoms with E-state index in [4.69, 9.17) is 4.74 Å². The summed E-state index contributed by atoms with van der Waals surface area (Å²) < 4.78 is 5.35. The standard InChI is InChI=1S/C10H16N4O/c1-7-3-4-10(14-13-7)12-8-5-11-6-9(8)15-2/h3-4,8-9,11H,5-6H2,1-2H3,(H,12,14)/t8?,9-/m0/s1. The Hall–Kier alpha value is -1.20. The Morgan fingerprint density at radius 1 is 1.40 bits per heavy atom. The van der Waals surface area contributed by atoms with Crippen LogP contribution in [-0.2, 0) is 4.74 Å². The molecule has 82 valence electrons. The molecule has 1 unspecified atom stereocenters. The minimum atomic E-state index is 0.202. The van der Waals surface area contributed by atoms with Crippen molar-refractivity contribution in [3.05, 3.63) is 17.8 Å². The number of nitrogens with one attached hydrogen (secondary N) is 2. The van der Waals surface area contributed by atoms with Gasteiger partial charge in [-0.3, -0.25) is 0 Å². The highest BCUT2D eigenvalue weighted by molar-refractivity contribution is 5.35. The molecule has 0 radical (unpaired) electrons. The molecule has 2 heterocycles. The number of hydrogen-bond acceptors (Lipinski definition) is 5. The van der Waals surface area contributed by atoms with Gasteiger partial charge in [0.2, 0.25) is 0 Å². The third-order valence-corrected chi connectivity index (χ3v) is 2.59. The lowest BCUT2D eigenvalue weighted by molar-refractivity contribution is 0.111. The highest BCUT2D eigenvalue weighted by atomic mass is 16.5. The Labute approximate surface area is 89.2 Å². The van der Waals surface area contributed by atoms with E-state index in [-0.39, 0.29) is 12.1 Å². The number of anilines is 1. The molecular weight excluding hydrogens is 192 g/mol. The molecule has 2 N–H and O–H groups in total. The van der Waals surface area contributed by atoms with E-state index in [1.165, 1.54) is 0 Å². The maximum atomic E-state index is 5.35. The first-order valence-electron chi connectivity index (χ1n) is 5.10. The molecule has 5 heteroatoms. The molecule has 0 bridgehead atoms. The van der Waals surface area contributed by atoms with E-state index in [1.807, 2.05) is 19.1 Å². The first-order chi connectivity index (χ1) is 7.29. The van der Waals surface area contributed by atoms with Gasteiger partial charge in [-0.2, -0.15) is 5.10 Å². The molecule has 5 nitrogen and oxygen atoms in total. The van der Waals surface area contributed by atoms with Crippen molar-refractivity contribution in [2.45, 2.75) is 19.1 Å². The quantitative estimate of drug-likeness (QED) is 0.742. The summed E-state index contributed by atoms with van der Waals surface area (Å²) in [5.74, 6) is 0.802. The second-order valence-electron chi connectivity index (χ2n) is 3.74. The predicted octanol–water partition coefficient (Wildman–Crippen LogP) is 0.184. The van der Waals surface area contributed by atoms with Gasteiger partial charge < -0.3 is 15.4 Å². The number of aryl methyl sites for hydroxylation is 1. The van der Waals surface area contributed by atoms with Crippen LogP contribution in [0.5, 0.6) is 0 Å². The molecule has 2 atom stereocenters.